The summed E-state index contributed by atoms with van der Waals surface area (Å²) in [7, 11) is -3.66. The van der Waals surface area contributed by atoms with Crippen molar-refractivity contribution in [3.63, 3.8) is 0 Å². The summed E-state index contributed by atoms with van der Waals surface area (Å²) < 4.78 is 26.6. The molecule has 0 aliphatic rings. The van der Waals surface area contributed by atoms with Gasteiger partial charge in [-0.1, -0.05) is 6.07 Å². The van der Waals surface area contributed by atoms with E-state index in [2.05, 4.69) is 14.9 Å². The van der Waals surface area contributed by atoms with Crippen LogP contribution in [0.3, 0.4) is 0 Å². The van der Waals surface area contributed by atoms with E-state index in [0.29, 0.717) is 0 Å². The fourth-order valence-corrected chi connectivity index (χ4v) is 2.79. The van der Waals surface area contributed by atoms with Crippen LogP contribution in [0.25, 0.3) is 0 Å². The average molecular weight is 267 g/mol. The van der Waals surface area contributed by atoms with Crippen LogP contribution in [-0.2, 0) is 10.0 Å². The van der Waals surface area contributed by atoms with E-state index in [4.69, 9.17) is 0 Å². The first kappa shape index (κ1) is 12.6. The third-order valence-electron chi connectivity index (χ3n) is 2.48. The Labute approximate surface area is 105 Å². The van der Waals surface area contributed by atoms with Crippen molar-refractivity contribution < 1.29 is 13.5 Å². The molecule has 1 atom stereocenters. The summed E-state index contributed by atoms with van der Waals surface area (Å²) in [4.78, 5) is 0.0258. The van der Waals surface area contributed by atoms with Gasteiger partial charge in [-0.3, -0.25) is 5.10 Å². The van der Waals surface area contributed by atoms with Crippen LogP contribution in [0.15, 0.2) is 41.6 Å². The Kier molecular flexibility index (Phi) is 3.35. The first-order valence-corrected chi connectivity index (χ1v) is 6.77. The summed E-state index contributed by atoms with van der Waals surface area (Å²) in [6.07, 6.45) is 3.17. The second kappa shape index (κ2) is 4.79. The van der Waals surface area contributed by atoms with Crippen molar-refractivity contribution in [1.82, 2.24) is 14.9 Å². The van der Waals surface area contributed by atoms with Crippen LogP contribution >= 0.6 is 0 Å². The molecule has 0 spiro atoms. The molecule has 0 fully saturated rings. The van der Waals surface area contributed by atoms with Gasteiger partial charge in [0.15, 0.2) is 0 Å². The van der Waals surface area contributed by atoms with Crippen LogP contribution in [0.1, 0.15) is 18.5 Å². The Morgan fingerprint density at radius 3 is 2.83 bits per heavy atom. The van der Waals surface area contributed by atoms with Gasteiger partial charge in [-0.15, -0.1) is 0 Å². The van der Waals surface area contributed by atoms with Crippen molar-refractivity contribution >= 4 is 10.0 Å². The summed E-state index contributed by atoms with van der Waals surface area (Å²) in [6.45, 7) is 1.71. The Morgan fingerprint density at radius 1 is 1.44 bits per heavy atom. The van der Waals surface area contributed by atoms with E-state index in [1.54, 1.807) is 19.3 Å². The summed E-state index contributed by atoms with van der Waals surface area (Å²) in [6, 6.07) is 5.11. The van der Waals surface area contributed by atoms with Crippen molar-refractivity contribution in [3.05, 3.63) is 42.2 Å². The molecule has 96 valence electrons. The van der Waals surface area contributed by atoms with Gasteiger partial charge in [0.2, 0.25) is 10.0 Å². The number of aromatic nitrogens is 2. The molecule has 0 amide bonds. The largest absolute Gasteiger partial charge is 0.508 e. The van der Waals surface area contributed by atoms with Gasteiger partial charge >= 0.3 is 0 Å². The number of hydrogen-bond donors (Lipinski definition) is 3. The Balaban J connectivity index is 2.22. The van der Waals surface area contributed by atoms with Crippen LogP contribution < -0.4 is 4.72 Å². The van der Waals surface area contributed by atoms with Gasteiger partial charge < -0.3 is 5.11 Å². The second-order valence-corrected chi connectivity index (χ2v) is 5.59. The summed E-state index contributed by atoms with van der Waals surface area (Å²) in [5, 5.41) is 15.7. The second-order valence-electron chi connectivity index (χ2n) is 3.87. The van der Waals surface area contributed by atoms with E-state index < -0.39 is 16.1 Å². The monoisotopic (exact) mass is 267 g/mol. The number of sulfonamides is 1. The van der Waals surface area contributed by atoms with Crippen LogP contribution in [0.5, 0.6) is 5.75 Å². The maximum atomic E-state index is 12.0. The molecule has 0 saturated carbocycles. The fraction of sp³-hybridized carbons (Fsp3) is 0.182. The Bertz CT molecular complexity index is 623. The molecule has 0 aliphatic heterocycles. The average Bonchev–Trinajstić information content (AvgIpc) is 2.82. The minimum atomic E-state index is -3.66. The molecule has 0 radical (unpaired) electrons. The molecule has 0 bridgehead atoms. The molecule has 1 aromatic carbocycles. The summed E-state index contributed by atoms with van der Waals surface area (Å²) in [5.74, 6) is -0.0890. The lowest BCUT2D eigenvalue weighted by atomic mass is 10.2. The molecular weight excluding hydrogens is 254 g/mol. The number of phenolic OH excluding ortho intramolecular Hbond substituents is 1. The standard InChI is InChI=1S/C11H13N3O3S/c1-8(9-6-12-13-7-9)14-18(16,17)11-4-2-3-10(15)5-11/h2-8,14-15H,1H3,(H,12,13). The quantitative estimate of drug-likeness (QED) is 0.774. The molecule has 0 saturated heterocycles. The third-order valence-corrected chi connectivity index (χ3v) is 4.02. The lowest BCUT2D eigenvalue weighted by molar-refractivity contribution is 0.473. The number of nitrogens with one attached hydrogen (secondary N) is 2. The van der Waals surface area contributed by atoms with Crippen LogP contribution in [-0.4, -0.2) is 23.7 Å². The smallest absolute Gasteiger partial charge is 0.241 e. The minimum Gasteiger partial charge on any atom is -0.508 e. The van der Waals surface area contributed by atoms with Crippen molar-refractivity contribution in [2.75, 3.05) is 0 Å². The van der Waals surface area contributed by atoms with Crippen LogP contribution in [0, 0.1) is 0 Å². The van der Waals surface area contributed by atoms with Crippen LogP contribution in [0.2, 0.25) is 0 Å². The van der Waals surface area contributed by atoms with Gasteiger partial charge in [0.1, 0.15) is 5.75 Å². The maximum Gasteiger partial charge on any atom is 0.241 e. The highest BCUT2D eigenvalue weighted by Crippen LogP contribution is 2.18. The van der Waals surface area contributed by atoms with Gasteiger partial charge in [-0.25, -0.2) is 13.1 Å². The van der Waals surface area contributed by atoms with E-state index in [0.717, 1.165) is 5.56 Å². The zero-order chi connectivity index (χ0) is 13.2. The Hall–Kier alpha value is -1.86. The van der Waals surface area contributed by atoms with Gasteiger partial charge in [0, 0.05) is 17.8 Å². The normalized spacial score (nSPS) is 13.4. The molecule has 7 heteroatoms. The highest BCUT2D eigenvalue weighted by Gasteiger charge is 2.19. The predicted molar refractivity (Wildman–Crippen MR) is 65.4 cm³/mol. The highest BCUT2D eigenvalue weighted by molar-refractivity contribution is 7.89. The molecule has 1 aromatic heterocycles. The van der Waals surface area contributed by atoms with Gasteiger partial charge in [-0.05, 0) is 25.1 Å². The molecule has 2 rings (SSSR count). The fourth-order valence-electron chi connectivity index (χ4n) is 1.52. The molecule has 6 nitrogen and oxygen atoms in total. The topological polar surface area (TPSA) is 95.1 Å². The lowest BCUT2D eigenvalue weighted by Gasteiger charge is -2.12. The molecule has 1 unspecified atom stereocenters. The lowest BCUT2D eigenvalue weighted by Crippen LogP contribution is -2.26. The highest BCUT2D eigenvalue weighted by atomic mass is 32.2. The van der Waals surface area contributed by atoms with E-state index in [9.17, 15) is 13.5 Å². The molecule has 3 N–H and O–H groups in total. The number of aromatic amines is 1. The van der Waals surface area contributed by atoms with E-state index in [1.807, 2.05) is 0 Å². The zero-order valence-corrected chi connectivity index (χ0v) is 10.5. The van der Waals surface area contributed by atoms with Crippen LogP contribution in [0.4, 0.5) is 0 Å². The maximum absolute atomic E-state index is 12.0. The zero-order valence-electron chi connectivity index (χ0n) is 9.66. The van der Waals surface area contributed by atoms with Gasteiger partial charge in [-0.2, -0.15) is 5.10 Å². The van der Waals surface area contributed by atoms with Crippen molar-refractivity contribution in [2.24, 2.45) is 0 Å². The van der Waals surface area contributed by atoms with E-state index >= 15 is 0 Å². The number of H-pyrrole nitrogens is 1. The SMILES string of the molecule is CC(NS(=O)(=O)c1cccc(O)c1)c1cn[nH]c1. The summed E-state index contributed by atoms with van der Waals surface area (Å²) in [5.41, 5.74) is 0.735. The number of phenols is 1. The van der Waals surface area contributed by atoms with Crippen molar-refractivity contribution in [2.45, 2.75) is 17.9 Å². The number of benzene rings is 1. The minimum absolute atomic E-state index is 0.0258. The molecule has 18 heavy (non-hydrogen) atoms. The van der Waals surface area contributed by atoms with E-state index in [1.165, 1.54) is 24.3 Å². The predicted octanol–water partition coefficient (Wildman–Crippen LogP) is 1.15. The molecule has 1 heterocycles. The number of hydrogen-bond acceptors (Lipinski definition) is 4. The first-order chi connectivity index (χ1) is 8.49. The molecule has 0 aliphatic carbocycles. The summed E-state index contributed by atoms with van der Waals surface area (Å²) >= 11 is 0. The van der Waals surface area contributed by atoms with Crippen molar-refractivity contribution in [1.29, 1.82) is 0 Å². The Morgan fingerprint density at radius 2 is 2.22 bits per heavy atom. The van der Waals surface area contributed by atoms with Gasteiger partial charge in [0.25, 0.3) is 0 Å². The number of nitrogens with zero attached hydrogens (tertiary/aromatic N) is 1. The first-order valence-electron chi connectivity index (χ1n) is 5.29. The van der Waals surface area contributed by atoms with E-state index in [-0.39, 0.29) is 10.6 Å². The van der Waals surface area contributed by atoms with Crippen molar-refractivity contribution in [3.8, 4) is 5.75 Å². The number of aromatic hydroxyl groups is 1. The molecule has 2 aromatic rings. The number of rotatable bonds is 4. The molecular formula is C11H13N3O3S. The third kappa shape index (κ3) is 2.69. The van der Waals surface area contributed by atoms with Gasteiger partial charge in [0.05, 0.1) is 11.1 Å².